The van der Waals surface area contributed by atoms with Crippen molar-refractivity contribution in [2.24, 2.45) is 0 Å². The zero-order valence-electron chi connectivity index (χ0n) is 18.5. The quantitative estimate of drug-likeness (QED) is 0.258. The summed E-state index contributed by atoms with van der Waals surface area (Å²) in [5, 5.41) is 2.72. The van der Waals surface area contributed by atoms with E-state index in [9.17, 15) is 14.4 Å². The minimum atomic E-state index is -0.534. The lowest BCUT2D eigenvalue weighted by molar-refractivity contribution is -0.274. The number of carbonyl (C=O) groups excluding carboxylic acids is 3. The number of benzene rings is 2. The van der Waals surface area contributed by atoms with Gasteiger partial charge in [0.15, 0.2) is 0 Å². The van der Waals surface area contributed by atoms with E-state index in [1.807, 2.05) is 48.5 Å². The summed E-state index contributed by atoms with van der Waals surface area (Å²) >= 11 is 0. The molecule has 0 bridgehead atoms. The van der Waals surface area contributed by atoms with Gasteiger partial charge in [-0.25, -0.2) is 4.79 Å². The predicted molar refractivity (Wildman–Crippen MR) is 121 cm³/mol. The lowest BCUT2D eigenvalue weighted by Gasteiger charge is -2.26. The standard InChI is InChI=1S/C25H26N2O6/c1-19(28)33-32-17-16-31-15-14-26-24(29)12-13-25(30)27-18-22-8-3-2-6-20(22)10-11-21-7-4-5-9-23(21)27/h2-9H,12-18H2,1H3,(H,26,29). The van der Waals surface area contributed by atoms with Crippen molar-refractivity contribution in [3.63, 3.8) is 0 Å². The summed E-state index contributed by atoms with van der Waals surface area (Å²) in [4.78, 5) is 46.4. The van der Waals surface area contributed by atoms with E-state index in [1.165, 1.54) is 6.92 Å². The van der Waals surface area contributed by atoms with Crippen molar-refractivity contribution >= 4 is 23.5 Å². The first-order valence-corrected chi connectivity index (χ1v) is 10.7. The van der Waals surface area contributed by atoms with Crippen LogP contribution in [0.5, 0.6) is 0 Å². The van der Waals surface area contributed by atoms with Gasteiger partial charge < -0.3 is 15.0 Å². The molecule has 2 aromatic carbocycles. The van der Waals surface area contributed by atoms with E-state index in [0.717, 1.165) is 22.4 Å². The second-order valence-corrected chi connectivity index (χ2v) is 7.26. The smallest absolute Gasteiger partial charge is 0.339 e. The monoisotopic (exact) mass is 450 g/mol. The molecule has 8 heteroatoms. The predicted octanol–water partition coefficient (Wildman–Crippen LogP) is 2.34. The third-order valence-electron chi connectivity index (χ3n) is 4.80. The molecule has 2 amide bonds. The average molecular weight is 450 g/mol. The zero-order chi connectivity index (χ0) is 23.5. The Morgan fingerprint density at radius 1 is 0.939 bits per heavy atom. The van der Waals surface area contributed by atoms with E-state index in [1.54, 1.807) is 4.90 Å². The Morgan fingerprint density at radius 3 is 2.48 bits per heavy atom. The molecular formula is C25H26N2O6. The van der Waals surface area contributed by atoms with Crippen LogP contribution in [-0.2, 0) is 35.4 Å². The Balaban J connectivity index is 1.48. The Bertz CT molecular complexity index is 1060. The minimum Gasteiger partial charge on any atom is -0.377 e. The Labute approximate surface area is 192 Å². The molecule has 0 atom stereocenters. The largest absolute Gasteiger partial charge is 0.377 e. The van der Waals surface area contributed by atoms with Crippen molar-refractivity contribution in [2.45, 2.75) is 26.3 Å². The molecule has 2 aromatic rings. The van der Waals surface area contributed by atoms with E-state index in [-0.39, 0.29) is 44.5 Å². The third-order valence-corrected chi connectivity index (χ3v) is 4.80. The van der Waals surface area contributed by atoms with E-state index in [4.69, 9.17) is 4.74 Å². The highest BCUT2D eigenvalue weighted by atomic mass is 17.2. The Morgan fingerprint density at radius 2 is 1.67 bits per heavy atom. The van der Waals surface area contributed by atoms with E-state index >= 15 is 0 Å². The summed E-state index contributed by atoms with van der Waals surface area (Å²) in [6, 6.07) is 15.3. The highest BCUT2D eigenvalue weighted by Crippen LogP contribution is 2.26. The van der Waals surface area contributed by atoms with Crippen LogP contribution in [0.3, 0.4) is 0 Å². The normalized spacial score (nSPS) is 11.7. The van der Waals surface area contributed by atoms with Crippen LogP contribution in [0.25, 0.3) is 0 Å². The van der Waals surface area contributed by atoms with Gasteiger partial charge in [0.2, 0.25) is 11.8 Å². The molecule has 0 unspecified atom stereocenters. The molecular weight excluding hydrogens is 424 g/mol. The van der Waals surface area contributed by atoms with Crippen LogP contribution in [0.2, 0.25) is 0 Å². The van der Waals surface area contributed by atoms with Crippen molar-refractivity contribution < 1.29 is 28.9 Å². The van der Waals surface area contributed by atoms with Gasteiger partial charge in [-0.05, 0) is 23.8 Å². The lowest BCUT2D eigenvalue weighted by atomic mass is 10.0. The minimum absolute atomic E-state index is 0.0698. The van der Waals surface area contributed by atoms with Crippen molar-refractivity contribution in [2.75, 3.05) is 31.3 Å². The van der Waals surface area contributed by atoms with Crippen LogP contribution in [0.4, 0.5) is 5.69 Å². The van der Waals surface area contributed by atoms with Crippen LogP contribution in [-0.4, -0.2) is 44.1 Å². The first-order valence-electron chi connectivity index (χ1n) is 10.7. The third kappa shape index (κ3) is 7.45. The fraction of sp³-hybridized carbons (Fsp3) is 0.320. The molecule has 0 aromatic heterocycles. The van der Waals surface area contributed by atoms with E-state index in [0.29, 0.717) is 13.1 Å². The number of hydrogen-bond acceptors (Lipinski definition) is 6. The summed E-state index contributed by atoms with van der Waals surface area (Å²) in [6.45, 7) is 2.54. The summed E-state index contributed by atoms with van der Waals surface area (Å²) < 4.78 is 5.27. The summed E-state index contributed by atoms with van der Waals surface area (Å²) in [5.41, 5.74) is 3.38. The second-order valence-electron chi connectivity index (χ2n) is 7.26. The first-order chi connectivity index (χ1) is 16.0. The Hall–Kier alpha value is -3.67. The summed E-state index contributed by atoms with van der Waals surface area (Å²) in [6.07, 6.45) is 0.146. The number of ether oxygens (including phenoxy) is 1. The molecule has 1 aliphatic heterocycles. The topological polar surface area (TPSA) is 94.2 Å². The lowest BCUT2D eigenvalue weighted by Crippen LogP contribution is -2.34. The second kappa shape index (κ2) is 12.4. The maximum Gasteiger partial charge on any atom is 0.339 e. The first kappa shape index (κ1) is 24.0. The van der Waals surface area contributed by atoms with Crippen LogP contribution in [0.15, 0.2) is 48.5 Å². The number of para-hydroxylation sites is 1. The fourth-order valence-electron chi connectivity index (χ4n) is 3.23. The molecule has 8 nitrogen and oxygen atoms in total. The molecule has 0 spiro atoms. The van der Waals surface area contributed by atoms with Crippen LogP contribution in [0, 0.1) is 11.8 Å². The van der Waals surface area contributed by atoms with Gasteiger partial charge in [-0.15, -0.1) is 0 Å². The van der Waals surface area contributed by atoms with Gasteiger partial charge in [0.25, 0.3) is 0 Å². The highest BCUT2D eigenvalue weighted by molar-refractivity contribution is 5.96. The molecule has 0 aliphatic carbocycles. The number of hydrogen-bond donors (Lipinski definition) is 1. The molecule has 0 fully saturated rings. The fourth-order valence-corrected chi connectivity index (χ4v) is 3.23. The van der Waals surface area contributed by atoms with Crippen molar-refractivity contribution in [3.05, 3.63) is 65.2 Å². The van der Waals surface area contributed by atoms with Gasteiger partial charge >= 0.3 is 5.97 Å². The average Bonchev–Trinajstić information content (AvgIpc) is 2.80. The molecule has 0 saturated heterocycles. The molecule has 0 saturated carbocycles. The molecule has 0 radical (unpaired) electrons. The number of nitrogens with zero attached hydrogens (tertiary/aromatic N) is 1. The summed E-state index contributed by atoms with van der Waals surface area (Å²) in [7, 11) is 0. The van der Waals surface area contributed by atoms with E-state index < -0.39 is 5.97 Å². The van der Waals surface area contributed by atoms with Gasteiger partial charge in [-0.2, -0.15) is 4.89 Å². The molecule has 3 rings (SSSR count). The number of fused-ring (bicyclic) bond motifs is 2. The SMILES string of the molecule is CC(=O)OOCCOCCNC(=O)CCC(=O)N1Cc2ccccc2C#Cc2ccccc21. The zero-order valence-corrected chi connectivity index (χ0v) is 18.5. The maximum atomic E-state index is 13.1. The molecule has 33 heavy (non-hydrogen) atoms. The molecule has 1 aliphatic rings. The molecule has 1 N–H and O–H groups in total. The van der Waals surface area contributed by atoms with E-state index in [2.05, 4.69) is 26.9 Å². The Kier molecular flexibility index (Phi) is 9.00. The highest BCUT2D eigenvalue weighted by Gasteiger charge is 2.21. The van der Waals surface area contributed by atoms with Crippen molar-refractivity contribution in [1.29, 1.82) is 0 Å². The number of rotatable bonds is 10. The van der Waals surface area contributed by atoms with Crippen LogP contribution < -0.4 is 10.2 Å². The van der Waals surface area contributed by atoms with Gasteiger partial charge in [0.1, 0.15) is 6.61 Å². The number of carbonyl (C=O) groups is 3. The van der Waals surface area contributed by atoms with Gasteiger partial charge in [-0.1, -0.05) is 42.2 Å². The van der Waals surface area contributed by atoms with Crippen molar-refractivity contribution in [3.8, 4) is 11.8 Å². The van der Waals surface area contributed by atoms with Crippen molar-refractivity contribution in [1.82, 2.24) is 5.32 Å². The van der Waals surface area contributed by atoms with Gasteiger partial charge in [0.05, 0.1) is 25.4 Å². The number of amides is 2. The molecule has 1 heterocycles. The number of anilines is 1. The van der Waals surface area contributed by atoms with Gasteiger partial charge in [-0.3, -0.25) is 14.5 Å². The van der Waals surface area contributed by atoms with Gasteiger partial charge in [0, 0.05) is 37.4 Å². The number of nitrogens with one attached hydrogen (secondary N) is 1. The van der Waals surface area contributed by atoms with Crippen LogP contribution in [0.1, 0.15) is 36.5 Å². The summed E-state index contributed by atoms with van der Waals surface area (Å²) in [5.74, 6) is 5.44. The van der Waals surface area contributed by atoms with Crippen LogP contribution >= 0.6 is 0 Å². The molecule has 172 valence electrons. The maximum absolute atomic E-state index is 13.1.